The molecule has 0 aromatic heterocycles. The summed E-state index contributed by atoms with van der Waals surface area (Å²) in [5.74, 6) is 0. The molecule has 0 fully saturated rings. The Kier molecular flexibility index (Phi) is 6.58. The molecule has 2 atom stereocenters. The van der Waals surface area contributed by atoms with E-state index in [0.717, 1.165) is 0 Å². The van der Waals surface area contributed by atoms with Gasteiger partial charge in [0.2, 0.25) is 0 Å². The van der Waals surface area contributed by atoms with E-state index in [9.17, 15) is 0 Å². The Morgan fingerprint density at radius 3 is 0.857 bits per heavy atom. The fourth-order valence-corrected chi connectivity index (χ4v) is 0. The zero-order valence-corrected chi connectivity index (χ0v) is 10.2. The fraction of sp³-hybridized carbons (Fsp3) is 1.00. The van der Waals surface area contributed by atoms with E-state index < -0.39 is 23.3 Å². The molecule has 14 heavy (non-hydrogen) atoms. The molecule has 0 aliphatic heterocycles. The maximum Gasteiger partial charge on any atom is 0.0686 e. The molecule has 6 N–H and O–H groups in total. The molecule has 0 aliphatic rings. The van der Waals surface area contributed by atoms with E-state index in [1.54, 1.807) is 41.5 Å². The van der Waals surface area contributed by atoms with Crippen LogP contribution in [0.1, 0.15) is 41.5 Å². The van der Waals surface area contributed by atoms with Crippen LogP contribution < -0.4 is 11.5 Å². The van der Waals surface area contributed by atoms with Gasteiger partial charge in [0.05, 0.1) is 12.2 Å². The molecule has 4 nitrogen and oxygen atoms in total. The molecule has 0 rings (SSSR count). The topological polar surface area (TPSA) is 92.5 Å². The quantitative estimate of drug-likeness (QED) is 0.519. The number of hydrogen-bond acceptors (Lipinski definition) is 4. The minimum atomic E-state index is -0.444. The van der Waals surface area contributed by atoms with E-state index in [0.29, 0.717) is 0 Å². The second-order valence-electron chi connectivity index (χ2n) is 4.99. The summed E-state index contributed by atoms with van der Waals surface area (Å²) < 4.78 is 0. The van der Waals surface area contributed by atoms with Crippen LogP contribution >= 0.6 is 0 Å². The van der Waals surface area contributed by atoms with Gasteiger partial charge >= 0.3 is 0 Å². The molecule has 0 aliphatic carbocycles. The van der Waals surface area contributed by atoms with Crippen LogP contribution in [0.2, 0.25) is 0 Å². The third-order valence-electron chi connectivity index (χ3n) is 2.15. The minimum absolute atomic E-state index is 0.424. The van der Waals surface area contributed by atoms with Crippen molar-refractivity contribution < 1.29 is 10.2 Å². The second kappa shape index (κ2) is 5.66. The third-order valence-corrected chi connectivity index (χ3v) is 2.15. The average molecular weight is 206 g/mol. The van der Waals surface area contributed by atoms with Crippen molar-refractivity contribution in [2.45, 2.75) is 64.8 Å². The summed E-state index contributed by atoms with van der Waals surface area (Å²) in [5.41, 5.74) is 9.97. The van der Waals surface area contributed by atoms with Gasteiger partial charge in [-0.15, -0.1) is 0 Å². The Bertz CT molecular complexity index is 125. The van der Waals surface area contributed by atoms with Gasteiger partial charge in [-0.3, -0.25) is 0 Å². The van der Waals surface area contributed by atoms with Gasteiger partial charge in [0.1, 0.15) is 0 Å². The van der Waals surface area contributed by atoms with E-state index in [-0.39, 0.29) is 0 Å². The molecule has 0 amide bonds. The van der Waals surface area contributed by atoms with E-state index in [2.05, 4.69) is 0 Å². The lowest BCUT2D eigenvalue weighted by Gasteiger charge is -2.21. The van der Waals surface area contributed by atoms with Crippen LogP contribution in [0.5, 0.6) is 0 Å². The predicted octanol–water partition coefficient (Wildman–Crippen LogP) is 0.209. The molecule has 0 saturated heterocycles. The van der Waals surface area contributed by atoms with Crippen LogP contribution in [-0.4, -0.2) is 33.5 Å². The minimum Gasteiger partial charge on any atom is -0.392 e. The second-order valence-corrected chi connectivity index (χ2v) is 4.99. The monoisotopic (exact) mass is 206 g/mol. The summed E-state index contributed by atoms with van der Waals surface area (Å²) in [7, 11) is 0. The number of rotatable bonds is 2. The molecular weight excluding hydrogens is 180 g/mol. The zero-order chi connectivity index (χ0) is 12.2. The van der Waals surface area contributed by atoms with Gasteiger partial charge in [0.25, 0.3) is 0 Å². The van der Waals surface area contributed by atoms with Gasteiger partial charge < -0.3 is 21.7 Å². The van der Waals surface area contributed by atoms with Crippen molar-refractivity contribution in [3.05, 3.63) is 0 Å². The first-order valence-electron chi connectivity index (χ1n) is 4.83. The lowest BCUT2D eigenvalue weighted by molar-refractivity contribution is 0.122. The Hall–Kier alpha value is -0.160. The van der Waals surface area contributed by atoms with Crippen molar-refractivity contribution in [2.24, 2.45) is 11.5 Å². The van der Waals surface area contributed by atoms with Gasteiger partial charge in [0.15, 0.2) is 0 Å². The number of hydrogen-bond donors (Lipinski definition) is 4. The first-order valence-corrected chi connectivity index (χ1v) is 4.83. The lowest BCUT2D eigenvalue weighted by atomic mass is 10.0. The third kappa shape index (κ3) is 9.92. The normalized spacial score (nSPS) is 16.7. The first-order chi connectivity index (χ1) is 5.89. The van der Waals surface area contributed by atoms with Crippen LogP contribution in [0, 0.1) is 0 Å². The first kappa shape index (κ1) is 16.3. The van der Waals surface area contributed by atoms with Crippen molar-refractivity contribution in [3.63, 3.8) is 0 Å². The molecule has 4 heteroatoms. The van der Waals surface area contributed by atoms with Crippen LogP contribution in [-0.2, 0) is 0 Å². The molecule has 0 spiro atoms. The molecule has 0 aromatic rings. The zero-order valence-electron chi connectivity index (χ0n) is 10.2. The fourth-order valence-electron chi connectivity index (χ4n) is 0. The molecule has 0 bridgehead atoms. The van der Waals surface area contributed by atoms with E-state index in [1.807, 2.05) is 0 Å². The van der Waals surface area contributed by atoms with Gasteiger partial charge in [-0.25, -0.2) is 0 Å². The van der Waals surface area contributed by atoms with Crippen LogP contribution in [0.25, 0.3) is 0 Å². The molecule has 0 saturated carbocycles. The highest BCUT2D eigenvalue weighted by Crippen LogP contribution is 2.02. The van der Waals surface area contributed by atoms with Crippen molar-refractivity contribution in [1.82, 2.24) is 0 Å². The van der Waals surface area contributed by atoms with Crippen LogP contribution in [0.3, 0.4) is 0 Å². The Morgan fingerprint density at radius 1 is 0.786 bits per heavy atom. The molecule has 88 valence electrons. The van der Waals surface area contributed by atoms with E-state index >= 15 is 0 Å². The highest BCUT2D eigenvalue weighted by molar-refractivity contribution is 4.77. The summed E-state index contributed by atoms with van der Waals surface area (Å²) in [5, 5.41) is 17.5. The van der Waals surface area contributed by atoms with Crippen molar-refractivity contribution >= 4 is 0 Å². The maximum atomic E-state index is 8.76. The van der Waals surface area contributed by atoms with Crippen molar-refractivity contribution in [3.8, 4) is 0 Å². The molecule has 0 heterocycles. The maximum absolute atomic E-state index is 8.76. The average Bonchev–Trinajstić information content (AvgIpc) is 1.83. The standard InChI is InChI=1S/2C5H13NO/c2*1-4(7)5(2,3)6/h2*4,7H,6H2,1-3H3. The molecular formula is C10H26N2O2. The highest BCUT2D eigenvalue weighted by Gasteiger charge is 2.16. The summed E-state index contributed by atoms with van der Waals surface area (Å²) >= 11 is 0. The Balaban J connectivity index is 0. The van der Waals surface area contributed by atoms with Gasteiger partial charge in [-0.05, 0) is 41.5 Å². The predicted molar refractivity (Wildman–Crippen MR) is 59.9 cm³/mol. The summed E-state index contributed by atoms with van der Waals surface area (Å²) in [6.45, 7) is 10.5. The number of aliphatic hydroxyl groups excluding tert-OH is 2. The molecule has 0 radical (unpaired) electrons. The Morgan fingerprint density at radius 2 is 0.857 bits per heavy atom. The Labute approximate surface area is 87.3 Å². The van der Waals surface area contributed by atoms with E-state index in [4.69, 9.17) is 21.7 Å². The van der Waals surface area contributed by atoms with Crippen LogP contribution in [0.15, 0.2) is 0 Å². The smallest absolute Gasteiger partial charge is 0.0686 e. The van der Waals surface area contributed by atoms with Crippen molar-refractivity contribution in [2.75, 3.05) is 0 Å². The number of aliphatic hydroxyl groups is 2. The summed E-state index contributed by atoms with van der Waals surface area (Å²) in [6, 6.07) is 0. The summed E-state index contributed by atoms with van der Waals surface area (Å²) in [6.07, 6.45) is -0.847. The van der Waals surface area contributed by atoms with Gasteiger partial charge in [-0.2, -0.15) is 0 Å². The lowest BCUT2D eigenvalue weighted by Crippen LogP contribution is -2.43. The van der Waals surface area contributed by atoms with Gasteiger partial charge in [-0.1, -0.05) is 0 Å². The largest absolute Gasteiger partial charge is 0.392 e. The van der Waals surface area contributed by atoms with E-state index in [1.165, 1.54) is 0 Å². The van der Waals surface area contributed by atoms with Gasteiger partial charge in [0, 0.05) is 11.1 Å². The SMILES string of the molecule is CC(O)C(C)(C)N.CC(O)C(C)(C)N. The number of nitrogens with two attached hydrogens (primary N) is 2. The molecule has 0 aromatic carbocycles. The highest BCUT2D eigenvalue weighted by atomic mass is 16.3. The molecule has 2 unspecified atom stereocenters. The summed E-state index contributed by atoms with van der Waals surface area (Å²) in [4.78, 5) is 0. The van der Waals surface area contributed by atoms with Crippen LogP contribution in [0.4, 0.5) is 0 Å². The van der Waals surface area contributed by atoms with Crippen molar-refractivity contribution in [1.29, 1.82) is 0 Å².